The summed E-state index contributed by atoms with van der Waals surface area (Å²) in [5, 5.41) is 2.86. The van der Waals surface area contributed by atoms with Crippen molar-refractivity contribution in [2.45, 2.75) is 51.0 Å². The van der Waals surface area contributed by atoms with E-state index < -0.39 is 11.6 Å². The number of piperidine rings is 1. The van der Waals surface area contributed by atoms with Crippen LogP contribution in [-0.4, -0.2) is 72.2 Å². The molecule has 0 aliphatic carbocycles. The average Bonchev–Trinajstić information content (AvgIpc) is 3.24. The quantitative estimate of drug-likeness (QED) is 0.699. The van der Waals surface area contributed by atoms with Crippen LogP contribution in [0.4, 0.5) is 4.79 Å². The van der Waals surface area contributed by atoms with Gasteiger partial charge in [0.2, 0.25) is 12.7 Å². The third-order valence-corrected chi connectivity index (χ3v) is 7.42. The second kappa shape index (κ2) is 8.85. The number of hydrogen-bond acceptors (Lipinski definition) is 6. The first-order valence-electron chi connectivity index (χ1n) is 12.0. The molecule has 1 unspecified atom stereocenters. The summed E-state index contributed by atoms with van der Waals surface area (Å²) >= 11 is 0. The fourth-order valence-electron chi connectivity index (χ4n) is 5.30. The van der Waals surface area contributed by atoms with Gasteiger partial charge in [-0.25, -0.2) is 9.69 Å². The number of hydrogen-bond donors (Lipinski definition) is 1. The lowest BCUT2D eigenvalue weighted by Gasteiger charge is -2.35. The third kappa shape index (κ3) is 4.14. The molecule has 1 aromatic rings. The van der Waals surface area contributed by atoms with Gasteiger partial charge in [-0.15, -0.1) is 0 Å². The van der Waals surface area contributed by atoms with Crippen LogP contribution in [-0.2, 0) is 15.1 Å². The second-order valence-corrected chi connectivity index (χ2v) is 9.63. The molecular formula is C24H32N4O5. The van der Waals surface area contributed by atoms with E-state index in [2.05, 4.69) is 10.2 Å². The van der Waals surface area contributed by atoms with E-state index >= 15 is 0 Å². The van der Waals surface area contributed by atoms with E-state index in [-0.39, 0.29) is 31.2 Å². The molecule has 178 valence electrons. The molecule has 1 atom stereocenters. The number of carbonyl (C=O) groups excluding carboxylic acids is 3. The molecule has 1 N–H and O–H groups in total. The summed E-state index contributed by atoms with van der Waals surface area (Å²) in [6, 6.07) is 4.90. The minimum absolute atomic E-state index is 0.0429. The van der Waals surface area contributed by atoms with Crippen molar-refractivity contribution in [3.8, 4) is 11.5 Å². The summed E-state index contributed by atoms with van der Waals surface area (Å²) in [6.07, 6.45) is 6.13. The van der Waals surface area contributed by atoms with Crippen LogP contribution in [0, 0.1) is 5.92 Å². The molecule has 4 aliphatic heterocycles. The Kier molecular flexibility index (Phi) is 5.90. The fraction of sp³-hybridized carbons (Fsp3) is 0.625. The van der Waals surface area contributed by atoms with Gasteiger partial charge in [-0.1, -0.05) is 18.9 Å². The third-order valence-electron chi connectivity index (χ3n) is 7.42. The molecule has 5 rings (SSSR count). The fourth-order valence-corrected chi connectivity index (χ4v) is 5.30. The number of rotatable bonds is 4. The number of ether oxygens (including phenoxy) is 2. The maximum atomic E-state index is 13.3. The van der Waals surface area contributed by atoms with Crippen LogP contribution >= 0.6 is 0 Å². The highest BCUT2D eigenvalue weighted by Gasteiger charge is 2.50. The summed E-state index contributed by atoms with van der Waals surface area (Å²) in [4.78, 5) is 44.4. The first kappa shape index (κ1) is 22.0. The minimum Gasteiger partial charge on any atom is -0.454 e. The number of likely N-dealkylation sites (tertiary alicyclic amines) is 2. The van der Waals surface area contributed by atoms with E-state index in [0.29, 0.717) is 30.2 Å². The Balaban J connectivity index is 1.19. The number of fused-ring (bicyclic) bond motifs is 1. The highest BCUT2D eigenvalue weighted by Crippen LogP contribution is 2.38. The van der Waals surface area contributed by atoms with Crippen molar-refractivity contribution in [3.05, 3.63) is 23.8 Å². The Morgan fingerprint density at radius 3 is 2.45 bits per heavy atom. The summed E-state index contributed by atoms with van der Waals surface area (Å²) in [7, 11) is 0. The van der Waals surface area contributed by atoms with Gasteiger partial charge in [-0.3, -0.25) is 14.5 Å². The number of amides is 4. The lowest BCUT2D eigenvalue weighted by molar-refractivity contribution is -0.138. The number of nitrogens with zero attached hydrogens (tertiary/aromatic N) is 3. The minimum atomic E-state index is -1.15. The monoisotopic (exact) mass is 456 g/mol. The van der Waals surface area contributed by atoms with Crippen LogP contribution in [0.25, 0.3) is 0 Å². The van der Waals surface area contributed by atoms with Crippen molar-refractivity contribution < 1.29 is 23.9 Å². The smallest absolute Gasteiger partial charge is 0.326 e. The summed E-state index contributed by atoms with van der Waals surface area (Å²) in [5.41, 5.74) is -0.492. The zero-order valence-corrected chi connectivity index (χ0v) is 19.2. The molecule has 0 radical (unpaired) electrons. The van der Waals surface area contributed by atoms with Crippen molar-refractivity contribution >= 4 is 17.8 Å². The lowest BCUT2D eigenvalue weighted by atomic mass is 9.91. The molecule has 1 aromatic carbocycles. The summed E-state index contributed by atoms with van der Waals surface area (Å²) < 4.78 is 10.8. The SMILES string of the molecule is CC1(c2ccc3c(c2)OCO3)NC(=O)N(CN2CCC(C(=O)N3CCCCCC3)CC2)C1=O. The first-order valence-corrected chi connectivity index (χ1v) is 12.0. The molecular weight excluding hydrogens is 424 g/mol. The molecule has 9 nitrogen and oxygen atoms in total. The van der Waals surface area contributed by atoms with Gasteiger partial charge in [0.1, 0.15) is 5.54 Å². The van der Waals surface area contributed by atoms with Crippen molar-refractivity contribution in [2.75, 3.05) is 39.6 Å². The van der Waals surface area contributed by atoms with Crippen LogP contribution in [0.3, 0.4) is 0 Å². The molecule has 3 fully saturated rings. The highest BCUT2D eigenvalue weighted by molar-refractivity contribution is 6.07. The number of nitrogens with one attached hydrogen (secondary N) is 1. The van der Waals surface area contributed by atoms with E-state index in [0.717, 1.165) is 38.8 Å². The van der Waals surface area contributed by atoms with Crippen molar-refractivity contribution in [1.29, 1.82) is 0 Å². The molecule has 0 saturated carbocycles. The molecule has 4 amide bonds. The van der Waals surface area contributed by atoms with Gasteiger partial charge < -0.3 is 19.7 Å². The summed E-state index contributed by atoms with van der Waals surface area (Å²) in [6.45, 7) is 5.24. The van der Waals surface area contributed by atoms with Crippen molar-refractivity contribution in [1.82, 2.24) is 20.0 Å². The van der Waals surface area contributed by atoms with Gasteiger partial charge >= 0.3 is 6.03 Å². The molecule has 0 bridgehead atoms. The molecule has 3 saturated heterocycles. The Morgan fingerprint density at radius 2 is 1.73 bits per heavy atom. The number of benzene rings is 1. The molecule has 33 heavy (non-hydrogen) atoms. The van der Waals surface area contributed by atoms with Crippen molar-refractivity contribution in [2.24, 2.45) is 5.92 Å². The van der Waals surface area contributed by atoms with Crippen LogP contribution < -0.4 is 14.8 Å². The second-order valence-electron chi connectivity index (χ2n) is 9.63. The van der Waals surface area contributed by atoms with Gasteiger partial charge in [0.25, 0.3) is 5.91 Å². The topological polar surface area (TPSA) is 91.4 Å². The van der Waals surface area contributed by atoms with Gasteiger partial charge in [-0.2, -0.15) is 0 Å². The van der Waals surface area contributed by atoms with E-state index in [1.165, 1.54) is 17.7 Å². The van der Waals surface area contributed by atoms with Gasteiger partial charge in [0.05, 0.1) is 6.67 Å². The van der Waals surface area contributed by atoms with Gasteiger partial charge in [-0.05, 0) is 50.3 Å². The van der Waals surface area contributed by atoms with Crippen molar-refractivity contribution in [3.63, 3.8) is 0 Å². The van der Waals surface area contributed by atoms with E-state index in [4.69, 9.17) is 9.47 Å². The normalized spacial score (nSPS) is 26.5. The number of carbonyl (C=O) groups is 3. The molecule has 0 spiro atoms. The Hall–Kier alpha value is -2.81. The number of urea groups is 1. The zero-order chi connectivity index (χ0) is 23.0. The predicted octanol–water partition coefficient (Wildman–Crippen LogP) is 2.25. The molecule has 0 aromatic heterocycles. The standard InChI is InChI=1S/C24H32N4O5/c1-24(18-6-7-19-20(14-18)33-16-32-19)22(30)28(23(31)25-24)15-26-12-8-17(9-13-26)21(29)27-10-4-2-3-5-11-27/h6-7,14,17H,2-5,8-13,15-16H2,1H3,(H,25,31). The zero-order valence-electron chi connectivity index (χ0n) is 19.2. The van der Waals surface area contributed by atoms with E-state index in [9.17, 15) is 14.4 Å². The summed E-state index contributed by atoms with van der Waals surface area (Å²) in [5.74, 6) is 1.25. The van der Waals surface area contributed by atoms with Gasteiger partial charge in [0.15, 0.2) is 11.5 Å². The lowest BCUT2D eigenvalue weighted by Crippen LogP contribution is -2.48. The van der Waals surface area contributed by atoms with Crippen LogP contribution in [0.15, 0.2) is 18.2 Å². The molecule has 9 heteroatoms. The average molecular weight is 457 g/mol. The largest absolute Gasteiger partial charge is 0.454 e. The number of imide groups is 1. The Morgan fingerprint density at radius 1 is 1.03 bits per heavy atom. The van der Waals surface area contributed by atoms with Crippen LogP contribution in [0.2, 0.25) is 0 Å². The van der Waals surface area contributed by atoms with E-state index in [1.807, 2.05) is 4.90 Å². The van der Waals surface area contributed by atoms with Crippen LogP contribution in [0.1, 0.15) is 51.0 Å². The van der Waals surface area contributed by atoms with Gasteiger partial charge in [0, 0.05) is 32.1 Å². The molecule has 4 aliphatic rings. The Bertz CT molecular complexity index is 937. The molecule has 4 heterocycles. The van der Waals surface area contributed by atoms with Crippen LogP contribution in [0.5, 0.6) is 11.5 Å². The maximum Gasteiger partial charge on any atom is 0.326 e. The first-order chi connectivity index (χ1) is 16.0. The predicted molar refractivity (Wildman–Crippen MR) is 120 cm³/mol. The maximum absolute atomic E-state index is 13.3. The van der Waals surface area contributed by atoms with E-state index in [1.54, 1.807) is 25.1 Å². The Labute approximate surface area is 194 Å². The highest BCUT2D eigenvalue weighted by atomic mass is 16.7.